The molecule has 2 heterocycles. The van der Waals surface area contributed by atoms with Crippen molar-refractivity contribution >= 4 is 21.9 Å². The Kier molecular flexibility index (Phi) is 10.6. The molecule has 0 unspecified atom stereocenters. The average Bonchev–Trinajstić information content (AvgIpc) is 3.24. The summed E-state index contributed by atoms with van der Waals surface area (Å²) >= 11 is 0. The highest BCUT2D eigenvalue weighted by Crippen LogP contribution is 2.18. The SMILES string of the molecule is CC.CC.CC(C)c1ccc2nc[nH]c2c1.CC(C)c1ncc2ccccc2n1.[HH]. The van der Waals surface area contributed by atoms with E-state index < -0.39 is 0 Å². The molecule has 0 bridgehead atoms. The smallest absolute Gasteiger partial charge is 0.131 e. The van der Waals surface area contributed by atoms with Crippen LogP contribution in [0.1, 0.15) is 80.0 Å². The van der Waals surface area contributed by atoms with Gasteiger partial charge in [-0.05, 0) is 29.7 Å². The third-order valence-electron chi connectivity index (χ3n) is 4.14. The van der Waals surface area contributed by atoms with Gasteiger partial charge < -0.3 is 4.98 Å². The minimum absolute atomic E-state index is 0. The van der Waals surface area contributed by atoms with E-state index in [1.54, 1.807) is 6.33 Å². The van der Waals surface area contributed by atoms with Gasteiger partial charge in [-0.1, -0.05) is 79.7 Å². The Morgan fingerprint density at radius 2 is 1.48 bits per heavy atom. The second kappa shape index (κ2) is 12.7. The molecule has 4 nitrogen and oxygen atoms in total. The number of fused-ring (bicyclic) bond motifs is 2. The molecule has 0 aliphatic rings. The van der Waals surface area contributed by atoms with Crippen molar-refractivity contribution in [2.75, 3.05) is 0 Å². The summed E-state index contributed by atoms with van der Waals surface area (Å²) in [5, 5.41) is 1.10. The lowest BCUT2D eigenvalue weighted by Crippen LogP contribution is -1.96. The van der Waals surface area contributed by atoms with Gasteiger partial charge in [-0.3, -0.25) is 0 Å². The van der Waals surface area contributed by atoms with Crippen molar-refractivity contribution in [3.8, 4) is 0 Å². The molecule has 1 N–H and O–H groups in total. The maximum Gasteiger partial charge on any atom is 0.131 e. The predicted molar refractivity (Wildman–Crippen MR) is 129 cm³/mol. The Hall–Kier alpha value is -2.75. The topological polar surface area (TPSA) is 54.5 Å². The lowest BCUT2D eigenvalue weighted by Gasteiger charge is -2.03. The van der Waals surface area contributed by atoms with E-state index in [2.05, 4.69) is 65.8 Å². The molecule has 0 saturated carbocycles. The van der Waals surface area contributed by atoms with Crippen LogP contribution in [0.25, 0.3) is 21.9 Å². The number of aromatic amines is 1. The van der Waals surface area contributed by atoms with E-state index in [1.165, 1.54) is 5.56 Å². The van der Waals surface area contributed by atoms with Crippen molar-refractivity contribution in [3.63, 3.8) is 0 Å². The Bertz CT molecular complexity index is 977. The highest BCUT2D eigenvalue weighted by Gasteiger charge is 2.03. The van der Waals surface area contributed by atoms with Crippen LogP contribution in [0, 0.1) is 0 Å². The quantitative estimate of drug-likeness (QED) is 0.378. The summed E-state index contributed by atoms with van der Waals surface area (Å²) in [6.45, 7) is 16.6. The highest BCUT2D eigenvalue weighted by atomic mass is 14.9. The minimum Gasteiger partial charge on any atom is -0.345 e. The van der Waals surface area contributed by atoms with Gasteiger partial charge in [-0.2, -0.15) is 0 Å². The Labute approximate surface area is 177 Å². The zero-order valence-electron chi connectivity index (χ0n) is 19.2. The van der Waals surface area contributed by atoms with E-state index in [0.29, 0.717) is 11.8 Å². The summed E-state index contributed by atoms with van der Waals surface area (Å²) in [7, 11) is 0. The molecule has 0 atom stereocenters. The normalized spacial score (nSPS) is 10.0. The first-order valence-electron chi connectivity index (χ1n) is 10.7. The molecule has 0 aliphatic heterocycles. The highest BCUT2D eigenvalue weighted by molar-refractivity contribution is 5.77. The molecule has 4 aromatic rings. The van der Waals surface area contributed by atoms with Crippen LogP contribution >= 0.6 is 0 Å². The van der Waals surface area contributed by atoms with Crippen LogP contribution in [-0.2, 0) is 0 Å². The zero-order valence-corrected chi connectivity index (χ0v) is 19.2. The molecule has 29 heavy (non-hydrogen) atoms. The van der Waals surface area contributed by atoms with Gasteiger partial charge in [0.1, 0.15) is 5.82 Å². The number of benzene rings is 2. The second-order valence-electron chi connectivity index (χ2n) is 6.78. The lowest BCUT2D eigenvalue weighted by atomic mass is 10.0. The molecule has 0 fully saturated rings. The molecule has 0 saturated heterocycles. The van der Waals surface area contributed by atoms with Gasteiger partial charge in [0.25, 0.3) is 0 Å². The number of para-hydroxylation sites is 1. The third-order valence-corrected chi connectivity index (χ3v) is 4.14. The maximum atomic E-state index is 4.46. The fourth-order valence-corrected chi connectivity index (χ4v) is 2.58. The summed E-state index contributed by atoms with van der Waals surface area (Å²) in [6.07, 6.45) is 3.62. The first kappa shape index (κ1) is 24.3. The van der Waals surface area contributed by atoms with Gasteiger partial charge in [0.05, 0.1) is 22.9 Å². The standard InChI is InChI=1S/C11H12N2.C10H12N2.2C2H6.H2/c1-8(2)11-12-7-9-5-3-4-6-10(9)13-11;1-7(2)8-3-4-9-10(5-8)12-6-11-9;2*1-2;/h3-8H,1-2H3;3-7H,1-2H3,(H,11,12);2*1-2H3;1H. The first-order chi connectivity index (χ1) is 14.0. The van der Waals surface area contributed by atoms with Crippen molar-refractivity contribution in [1.29, 1.82) is 0 Å². The van der Waals surface area contributed by atoms with E-state index in [0.717, 1.165) is 27.8 Å². The van der Waals surface area contributed by atoms with Crippen LogP contribution in [0.5, 0.6) is 0 Å². The second-order valence-corrected chi connectivity index (χ2v) is 6.78. The molecule has 2 aromatic carbocycles. The maximum absolute atomic E-state index is 4.46. The third kappa shape index (κ3) is 6.97. The van der Waals surface area contributed by atoms with Crippen LogP contribution in [0.2, 0.25) is 0 Å². The van der Waals surface area contributed by atoms with Gasteiger partial charge in [0.2, 0.25) is 0 Å². The lowest BCUT2D eigenvalue weighted by molar-refractivity contribution is 0.783. The number of nitrogens with one attached hydrogen (secondary N) is 1. The average molecular weight is 395 g/mol. The number of nitrogens with zero attached hydrogens (tertiary/aromatic N) is 3. The van der Waals surface area contributed by atoms with Gasteiger partial charge in [-0.25, -0.2) is 15.0 Å². The summed E-state index contributed by atoms with van der Waals surface area (Å²) < 4.78 is 0. The molecule has 4 heteroatoms. The van der Waals surface area contributed by atoms with Crippen LogP contribution in [0.3, 0.4) is 0 Å². The van der Waals surface area contributed by atoms with E-state index in [4.69, 9.17) is 0 Å². The van der Waals surface area contributed by atoms with Crippen molar-refractivity contribution in [3.05, 3.63) is 66.4 Å². The monoisotopic (exact) mass is 394 g/mol. The number of imidazole rings is 1. The number of hydrogen-bond donors (Lipinski definition) is 1. The van der Waals surface area contributed by atoms with Gasteiger partial charge in [0.15, 0.2) is 0 Å². The molecule has 4 rings (SSSR count). The Balaban J connectivity index is 0.000000469. The van der Waals surface area contributed by atoms with Crippen molar-refractivity contribution in [2.24, 2.45) is 0 Å². The molecule has 0 aliphatic carbocycles. The number of H-pyrrole nitrogens is 1. The fourth-order valence-electron chi connectivity index (χ4n) is 2.58. The number of hydrogen-bond acceptors (Lipinski definition) is 3. The van der Waals surface area contributed by atoms with Gasteiger partial charge in [-0.15, -0.1) is 0 Å². The van der Waals surface area contributed by atoms with E-state index in [9.17, 15) is 0 Å². The molecular weight excluding hydrogens is 356 g/mol. The van der Waals surface area contributed by atoms with Gasteiger partial charge in [0, 0.05) is 18.9 Å². The molecule has 0 spiro atoms. The largest absolute Gasteiger partial charge is 0.345 e. The summed E-state index contributed by atoms with van der Waals surface area (Å²) in [6, 6.07) is 14.4. The first-order valence-corrected chi connectivity index (χ1v) is 10.7. The van der Waals surface area contributed by atoms with E-state index in [1.807, 2.05) is 58.2 Å². The number of aromatic nitrogens is 4. The predicted octanol–water partition coefficient (Wildman–Crippen LogP) is 7.74. The molecule has 158 valence electrons. The summed E-state index contributed by atoms with van der Waals surface area (Å²) in [5.74, 6) is 1.89. The van der Waals surface area contributed by atoms with Crippen molar-refractivity contribution in [1.82, 2.24) is 19.9 Å². The molecule has 2 aromatic heterocycles. The summed E-state index contributed by atoms with van der Waals surface area (Å²) in [4.78, 5) is 16.0. The van der Waals surface area contributed by atoms with Crippen LogP contribution in [-0.4, -0.2) is 19.9 Å². The summed E-state index contributed by atoms with van der Waals surface area (Å²) in [5.41, 5.74) is 4.55. The fraction of sp³-hybridized carbons (Fsp3) is 0.400. The van der Waals surface area contributed by atoms with E-state index in [-0.39, 0.29) is 1.43 Å². The van der Waals surface area contributed by atoms with E-state index >= 15 is 0 Å². The number of rotatable bonds is 2. The van der Waals surface area contributed by atoms with Crippen LogP contribution in [0.15, 0.2) is 55.0 Å². The van der Waals surface area contributed by atoms with Gasteiger partial charge >= 0.3 is 0 Å². The van der Waals surface area contributed by atoms with Crippen LogP contribution < -0.4 is 0 Å². The molecular formula is C25H38N4. The molecule has 0 amide bonds. The minimum atomic E-state index is 0. The van der Waals surface area contributed by atoms with Crippen LogP contribution in [0.4, 0.5) is 0 Å². The van der Waals surface area contributed by atoms with Crippen molar-refractivity contribution < 1.29 is 1.43 Å². The molecule has 0 radical (unpaired) electrons. The Morgan fingerprint density at radius 1 is 0.793 bits per heavy atom. The zero-order chi connectivity index (χ0) is 21.8. The Morgan fingerprint density at radius 3 is 2.14 bits per heavy atom. The van der Waals surface area contributed by atoms with Crippen molar-refractivity contribution in [2.45, 2.75) is 67.2 Å².